The maximum Gasteiger partial charge on any atom is 0.258 e. The molecule has 1 atom stereocenters. The zero-order chi connectivity index (χ0) is 16.8. The number of hydrogen-bond donors (Lipinski definition) is 1. The van der Waals surface area contributed by atoms with Crippen LogP contribution in [0.1, 0.15) is 45.3 Å². The molecule has 0 radical (unpaired) electrons. The number of amides is 1. The van der Waals surface area contributed by atoms with Crippen molar-refractivity contribution in [3.8, 4) is 0 Å². The molecule has 1 N–H and O–H groups in total. The first-order valence-corrected chi connectivity index (χ1v) is 8.07. The summed E-state index contributed by atoms with van der Waals surface area (Å²) in [5.74, 6) is 0.315. The molecule has 0 aromatic carbocycles. The van der Waals surface area contributed by atoms with E-state index in [1.807, 2.05) is 37.9 Å². The van der Waals surface area contributed by atoms with E-state index < -0.39 is 0 Å². The van der Waals surface area contributed by atoms with Gasteiger partial charge in [-0.3, -0.25) is 9.89 Å². The van der Waals surface area contributed by atoms with E-state index in [-0.39, 0.29) is 5.91 Å². The van der Waals surface area contributed by atoms with Gasteiger partial charge in [-0.25, -0.2) is 4.98 Å². The smallest absolute Gasteiger partial charge is 0.258 e. The molecule has 1 fully saturated rings. The van der Waals surface area contributed by atoms with Crippen LogP contribution in [0, 0.1) is 20.8 Å². The Morgan fingerprint density at radius 2 is 2.21 bits per heavy atom. The van der Waals surface area contributed by atoms with Crippen molar-refractivity contribution >= 4 is 17.0 Å². The molecule has 24 heavy (non-hydrogen) atoms. The van der Waals surface area contributed by atoms with Crippen molar-refractivity contribution in [3.63, 3.8) is 0 Å². The van der Waals surface area contributed by atoms with Gasteiger partial charge in [0, 0.05) is 30.4 Å². The normalized spacial score (nSPS) is 17.8. The summed E-state index contributed by atoms with van der Waals surface area (Å²) in [5, 5.41) is 11.8. The third-order valence-electron chi connectivity index (χ3n) is 4.73. The van der Waals surface area contributed by atoms with Gasteiger partial charge in [-0.05, 0) is 38.8 Å². The Kier molecular flexibility index (Phi) is 3.37. The van der Waals surface area contributed by atoms with Gasteiger partial charge in [-0.1, -0.05) is 5.16 Å². The van der Waals surface area contributed by atoms with Crippen molar-refractivity contribution in [2.75, 3.05) is 13.1 Å². The minimum atomic E-state index is 0.0106. The summed E-state index contributed by atoms with van der Waals surface area (Å²) in [5.41, 5.74) is 4.77. The molecule has 1 saturated heterocycles. The van der Waals surface area contributed by atoms with Crippen LogP contribution >= 0.6 is 0 Å². The summed E-state index contributed by atoms with van der Waals surface area (Å²) in [6.45, 7) is 7.15. The van der Waals surface area contributed by atoms with Crippen LogP contribution in [0.2, 0.25) is 0 Å². The topological polar surface area (TPSA) is 87.9 Å². The number of carbonyl (C=O) groups excluding carboxylic acids is 1. The highest BCUT2D eigenvalue weighted by atomic mass is 16.5. The molecule has 7 heteroatoms. The van der Waals surface area contributed by atoms with E-state index in [1.165, 1.54) is 0 Å². The lowest BCUT2D eigenvalue weighted by Crippen LogP contribution is -2.29. The molecule has 1 amide bonds. The third kappa shape index (κ3) is 2.28. The number of hydrogen-bond acceptors (Lipinski definition) is 5. The van der Waals surface area contributed by atoms with Gasteiger partial charge in [-0.2, -0.15) is 5.10 Å². The molecule has 3 aromatic rings. The summed E-state index contributed by atoms with van der Waals surface area (Å²) in [4.78, 5) is 19.3. The fourth-order valence-corrected chi connectivity index (χ4v) is 3.51. The maximum absolute atomic E-state index is 13.1. The van der Waals surface area contributed by atoms with E-state index >= 15 is 0 Å². The number of aryl methyl sites for hydroxylation is 3. The number of H-pyrrole nitrogens is 1. The molecular weight excluding hydrogens is 306 g/mol. The summed E-state index contributed by atoms with van der Waals surface area (Å²) in [6, 6.07) is 1.82. The van der Waals surface area contributed by atoms with Crippen LogP contribution in [0.4, 0.5) is 0 Å². The van der Waals surface area contributed by atoms with E-state index in [4.69, 9.17) is 4.52 Å². The lowest BCUT2D eigenvalue weighted by atomic mass is 10.0. The van der Waals surface area contributed by atoms with Gasteiger partial charge in [0.05, 0.1) is 22.8 Å². The second-order valence-corrected chi connectivity index (χ2v) is 6.46. The van der Waals surface area contributed by atoms with E-state index in [9.17, 15) is 4.79 Å². The molecule has 7 nitrogen and oxygen atoms in total. The molecule has 0 unspecified atom stereocenters. The first-order chi connectivity index (χ1) is 11.5. The molecule has 0 bridgehead atoms. The van der Waals surface area contributed by atoms with Crippen molar-refractivity contribution < 1.29 is 9.32 Å². The molecule has 1 aliphatic rings. The predicted octanol–water partition coefficient (Wildman–Crippen LogP) is 2.50. The van der Waals surface area contributed by atoms with Crippen LogP contribution in [0.25, 0.3) is 11.1 Å². The molecule has 0 aliphatic carbocycles. The lowest BCUT2D eigenvalue weighted by molar-refractivity contribution is 0.0792. The number of nitrogens with zero attached hydrogens (tertiary/aromatic N) is 4. The van der Waals surface area contributed by atoms with Gasteiger partial charge in [0.1, 0.15) is 0 Å². The minimum Gasteiger partial charge on any atom is -0.338 e. The van der Waals surface area contributed by atoms with Crippen molar-refractivity contribution in [3.05, 3.63) is 40.5 Å². The number of pyridine rings is 1. The molecule has 3 aromatic heterocycles. The van der Waals surface area contributed by atoms with Crippen LogP contribution in [0.3, 0.4) is 0 Å². The highest BCUT2D eigenvalue weighted by molar-refractivity contribution is 6.06. The number of aromatic amines is 1. The van der Waals surface area contributed by atoms with Crippen LogP contribution in [0.5, 0.6) is 0 Å². The summed E-state index contributed by atoms with van der Waals surface area (Å²) in [7, 11) is 0. The first kappa shape index (κ1) is 14.9. The second kappa shape index (κ2) is 5.43. The summed E-state index contributed by atoms with van der Waals surface area (Å²) in [6.07, 6.45) is 2.76. The fourth-order valence-electron chi connectivity index (χ4n) is 3.51. The number of nitrogens with one attached hydrogen (secondary N) is 1. The van der Waals surface area contributed by atoms with Crippen molar-refractivity contribution in [2.24, 2.45) is 0 Å². The minimum absolute atomic E-state index is 0.0106. The van der Waals surface area contributed by atoms with Gasteiger partial charge < -0.3 is 9.42 Å². The van der Waals surface area contributed by atoms with Gasteiger partial charge in [0.15, 0.2) is 0 Å². The van der Waals surface area contributed by atoms with Gasteiger partial charge in [0.2, 0.25) is 0 Å². The molecule has 1 aliphatic heterocycles. The molecular formula is C17H19N5O2. The average molecular weight is 325 g/mol. The fraction of sp³-hybridized carbons (Fsp3) is 0.412. The first-order valence-electron chi connectivity index (χ1n) is 8.07. The highest BCUT2D eigenvalue weighted by Crippen LogP contribution is 2.30. The van der Waals surface area contributed by atoms with Gasteiger partial charge >= 0.3 is 0 Å². The van der Waals surface area contributed by atoms with Gasteiger partial charge in [-0.15, -0.1) is 0 Å². The van der Waals surface area contributed by atoms with E-state index in [0.29, 0.717) is 34.8 Å². The van der Waals surface area contributed by atoms with E-state index in [0.717, 1.165) is 29.9 Å². The van der Waals surface area contributed by atoms with Crippen molar-refractivity contribution in [1.29, 1.82) is 0 Å². The van der Waals surface area contributed by atoms with Gasteiger partial charge in [0.25, 0.3) is 11.6 Å². The van der Waals surface area contributed by atoms with Crippen molar-refractivity contribution in [2.45, 2.75) is 33.1 Å². The van der Waals surface area contributed by atoms with Crippen LogP contribution in [0.15, 0.2) is 16.8 Å². The average Bonchev–Trinajstić information content (AvgIpc) is 3.26. The number of likely N-dealkylation sites (tertiary alicyclic amines) is 1. The maximum atomic E-state index is 13.1. The largest absolute Gasteiger partial charge is 0.338 e. The monoisotopic (exact) mass is 325 g/mol. The van der Waals surface area contributed by atoms with E-state index in [2.05, 4.69) is 20.3 Å². The number of aromatic nitrogens is 4. The lowest BCUT2D eigenvalue weighted by Gasteiger charge is -2.17. The van der Waals surface area contributed by atoms with Crippen LogP contribution in [-0.4, -0.2) is 44.2 Å². The van der Waals surface area contributed by atoms with Crippen LogP contribution < -0.4 is 0 Å². The summed E-state index contributed by atoms with van der Waals surface area (Å²) >= 11 is 0. The molecule has 124 valence electrons. The Bertz CT molecular complexity index is 926. The second-order valence-electron chi connectivity index (χ2n) is 6.46. The number of carbonyl (C=O) groups is 1. The number of fused-ring (bicyclic) bond motifs is 1. The molecule has 0 saturated carbocycles. The Labute approximate surface area is 139 Å². The zero-order valence-corrected chi connectivity index (χ0v) is 14.0. The van der Waals surface area contributed by atoms with E-state index in [1.54, 1.807) is 0 Å². The zero-order valence-electron chi connectivity index (χ0n) is 14.0. The Morgan fingerprint density at radius 3 is 2.96 bits per heavy atom. The molecule has 0 spiro atoms. The molecule has 4 heterocycles. The Balaban J connectivity index is 1.66. The SMILES string of the molecule is Cc1cc(C(=O)N2CC[C@H](c3[nH]ncc3C)C2)c2c(C)noc2n1. The van der Waals surface area contributed by atoms with Crippen molar-refractivity contribution in [1.82, 2.24) is 25.2 Å². The third-order valence-corrected chi connectivity index (χ3v) is 4.73. The number of rotatable bonds is 2. The Morgan fingerprint density at radius 1 is 1.38 bits per heavy atom. The quantitative estimate of drug-likeness (QED) is 0.782. The van der Waals surface area contributed by atoms with Crippen LogP contribution in [-0.2, 0) is 0 Å². The highest BCUT2D eigenvalue weighted by Gasteiger charge is 2.31. The summed E-state index contributed by atoms with van der Waals surface area (Å²) < 4.78 is 5.23. The predicted molar refractivity (Wildman–Crippen MR) is 87.9 cm³/mol. The molecule has 4 rings (SSSR count). The Hall–Kier alpha value is -2.70. The standard InChI is InChI=1S/C17H19N5O2/c1-9-7-18-20-15(9)12-4-5-22(8-12)17(23)13-6-10(2)19-16-14(13)11(3)21-24-16/h6-7,12H,4-5,8H2,1-3H3,(H,18,20)/t12-/m0/s1.